The molecule has 0 unspecified atom stereocenters. The summed E-state index contributed by atoms with van der Waals surface area (Å²) in [7, 11) is 0. The summed E-state index contributed by atoms with van der Waals surface area (Å²) in [6.45, 7) is 0. The Bertz CT molecular complexity index is 2950. The van der Waals surface area contributed by atoms with Gasteiger partial charge in [0.05, 0.1) is 0 Å². The van der Waals surface area contributed by atoms with E-state index in [1.807, 2.05) is 6.08 Å². The Balaban J connectivity index is 1.02. The van der Waals surface area contributed by atoms with Crippen molar-refractivity contribution in [3.63, 3.8) is 0 Å². The highest BCUT2D eigenvalue weighted by Crippen LogP contribution is 2.50. The number of hydrogen-bond donors (Lipinski definition) is 1. The third-order valence-electron chi connectivity index (χ3n) is 12.2. The van der Waals surface area contributed by atoms with Crippen molar-refractivity contribution >= 4 is 33.6 Å². The molecule has 0 radical (unpaired) electrons. The zero-order valence-corrected chi connectivity index (χ0v) is 31.1. The smallest absolute Gasteiger partial charge is 0.000728 e. The van der Waals surface area contributed by atoms with E-state index in [9.17, 15) is 0 Å². The topological polar surface area (TPSA) is 26.0 Å². The van der Waals surface area contributed by atoms with Crippen LogP contribution in [-0.4, -0.2) is 0 Å². The fourth-order valence-electron chi connectivity index (χ4n) is 9.60. The lowest BCUT2D eigenvalue weighted by molar-refractivity contribution is 1.18. The third kappa shape index (κ3) is 5.31. The fourth-order valence-corrected chi connectivity index (χ4v) is 9.60. The maximum absolute atomic E-state index is 5.78. The zero-order chi connectivity index (χ0) is 37.2. The van der Waals surface area contributed by atoms with Crippen molar-refractivity contribution in [2.75, 3.05) is 0 Å². The lowest BCUT2D eigenvalue weighted by Crippen LogP contribution is -1.96. The van der Waals surface area contributed by atoms with E-state index in [1.54, 1.807) is 6.20 Å². The van der Waals surface area contributed by atoms with E-state index in [4.69, 9.17) is 5.73 Å². The van der Waals surface area contributed by atoms with Gasteiger partial charge in [0.25, 0.3) is 0 Å². The molecule has 7 aromatic rings. The highest BCUT2D eigenvalue weighted by molar-refractivity contribution is 6.16. The second kappa shape index (κ2) is 13.1. The molecule has 0 aromatic heterocycles. The highest BCUT2D eigenvalue weighted by Gasteiger charge is 2.28. The Labute approximate surface area is 328 Å². The number of fused-ring (bicyclic) bond motifs is 7. The van der Waals surface area contributed by atoms with Gasteiger partial charge in [-0.1, -0.05) is 170 Å². The number of benzene rings is 7. The van der Waals surface area contributed by atoms with Crippen LogP contribution in [0.1, 0.15) is 50.9 Å². The fraction of sp³-hybridized carbons (Fsp3) is 0.0545. The van der Waals surface area contributed by atoms with Crippen LogP contribution in [0.25, 0.3) is 66.9 Å². The van der Waals surface area contributed by atoms with Crippen molar-refractivity contribution in [1.29, 1.82) is 0 Å². The Morgan fingerprint density at radius 2 is 1.20 bits per heavy atom. The van der Waals surface area contributed by atoms with Gasteiger partial charge in [-0.2, -0.15) is 0 Å². The van der Waals surface area contributed by atoms with Crippen molar-refractivity contribution < 1.29 is 0 Å². The lowest BCUT2D eigenvalue weighted by atomic mass is 9.88. The number of rotatable bonds is 7. The molecule has 264 valence electrons. The Morgan fingerprint density at radius 3 is 2.04 bits per heavy atom. The minimum atomic E-state index is 0.844. The van der Waals surface area contributed by atoms with Gasteiger partial charge >= 0.3 is 0 Å². The maximum atomic E-state index is 5.78. The van der Waals surface area contributed by atoms with Crippen molar-refractivity contribution in [2.45, 2.75) is 19.3 Å². The summed E-state index contributed by atoms with van der Waals surface area (Å²) in [5, 5.41) is 2.73. The molecule has 1 nitrogen and oxygen atoms in total. The van der Waals surface area contributed by atoms with Crippen LogP contribution in [0.3, 0.4) is 0 Å². The van der Waals surface area contributed by atoms with Crippen LogP contribution in [0.4, 0.5) is 0 Å². The third-order valence-corrected chi connectivity index (χ3v) is 12.2. The molecule has 4 aliphatic rings. The predicted octanol–water partition coefficient (Wildman–Crippen LogP) is 13.4. The first-order valence-electron chi connectivity index (χ1n) is 19.7. The molecule has 7 aromatic carbocycles. The zero-order valence-electron chi connectivity index (χ0n) is 31.1. The first-order chi connectivity index (χ1) is 27.7. The summed E-state index contributed by atoms with van der Waals surface area (Å²) in [6.07, 6.45) is 17.9. The maximum Gasteiger partial charge on any atom is -0.000728 e. The molecular formula is C55H39N. The standard InChI is InChI=1S/C55H39N/c56-28-27-37-9-1-2-10-39(37)29-35-19-21-38(22-20-35)42-31-36(30-41-23-24-53-49-15-6-5-14-48(49)52-18-8-16-45(41)55(52)53)32-43(33-42)44-25-26-51-47-13-4-3-12-46(47)50-17-7-11-40(44)34-54(50)51/h1-28,31-33H,29-30,34,56H2/b28-27-. The van der Waals surface area contributed by atoms with E-state index >= 15 is 0 Å². The molecule has 0 saturated heterocycles. The van der Waals surface area contributed by atoms with E-state index in [-0.39, 0.29) is 0 Å². The molecule has 0 heterocycles. The van der Waals surface area contributed by atoms with E-state index in [0.29, 0.717) is 0 Å². The molecule has 2 bridgehead atoms. The van der Waals surface area contributed by atoms with Gasteiger partial charge in [-0.15, -0.1) is 0 Å². The van der Waals surface area contributed by atoms with Crippen LogP contribution in [0.15, 0.2) is 193 Å². The molecule has 0 spiro atoms. The summed E-state index contributed by atoms with van der Waals surface area (Å²) < 4.78 is 0. The monoisotopic (exact) mass is 713 g/mol. The van der Waals surface area contributed by atoms with Crippen molar-refractivity contribution in [2.24, 2.45) is 5.73 Å². The predicted molar refractivity (Wildman–Crippen MR) is 237 cm³/mol. The van der Waals surface area contributed by atoms with Gasteiger partial charge in [0, 0.05) is 0 Å². The van der Waals surface area contributed by atoms with Gasteiger partial charge in [0.15, 0.2) is 0 Å². The van der Waals surface area contributed by atoms with E-state index in [2.05, 4.69) is 176 Å². The minimum Gasteiger partial charge on any atom is -0.405 e. The van der Waals surface area contributed by atoms with Crippen LogP contribution in [0.5, 0.6) is 0 Å². The molecule has 0 aliphatic heterocycles. The second-order valence-corrected chi connectivity index (χ2v) is 15.4. The minimum absolute atomic E-state index is 0.844. The molecule has 0 fully saturated rings. The van der Waals surface area contributed by atoms with Gasteiger partial charge in [-0.05, 0) is 154 Å². The normalized spacial score (nSPS) is 14.7. The van der Waals surface area contributed by atoms with Gasteiger partial charge in [-0.25, -0.2) is 0 Å². The highest BCUT2D eigenvalue weighted by atomic mass is 14.5. The quantitative estimate of drug-likeness (QED) is 0.175. The van der Waals surface area contributed by atoms with Gasteiger partial charge in [-0.3, -0.25) is 0 Å². The van der Waals surface area contributed by atoms with Crippen LogP contribution < -0.4 is 5.73 Å². The van der Waals surface area contributed by atoms with E-state index < -0.39 is 0 Å². The van der Waals surface area contributed by atoms with Crippen molar-refractivity contribution in [3.8, 4) is 33.4 Å². The van der Waals surface area contributed by atoms with Crippen LogP contribution >= 0.6 is 0 Å². The molecule has 0 atom stereocenters. The summed E-state index contributed by atoms with van der Waals surface area (Å²) in [4.78, 5) is 0. The van der Waals surface area contributed by atoms with Crippen molar-refractivity contribution in [1.82, 2.24) is 0 Å². The Kier molecular flexibility index (Phi) is 7.60. The number of hydrogen-bond acceptors (Lipinski definition) is 1. The van der Waals surface area contributed by atoms with Crippen LogP contribution in [0.2, 0.25) is 0 Å². The molecular weight excluding hydrogens is 675 g/mol. The lowest BCUT2D eigenvalue weighted by Gasteiger charge is -2.16. The first-order valence-corrected chi connectivity index (χ1v) is 19.7. The van der Waals surface area contributed by atoms with Crippen molar-refractivity contribution in [3.05, 3.63) is 238 Å². The van der Waals surface area contributed by atoms with Gasteiger partial charge in [0.2, 0.25) is 0 Å². The molecule has 0 amide bonds. The molecule has 4 aliphatic carbocycles. The average molecular weight is 714 g/mol. The Morgan fingerprint density at radius 1 is 0.500 bits per heavy atom. The molecule has 2 N–H and O–H groups in total. The first kappa shape index (κ1) is 32.5. The molecule has 1 heteroatoms. The molecule has 0 saturated carbocycles. The van der Waals surface area contributed by atoms with E-state index in [0.717, 1.165) is 24.8 Å². The van der Waals surface area contributed by atoms with Crippen LogP contribution in [0, 0.1) is 0 Å². The van der Waals surface area contributed by atoms with E-state index in [1.165, 1.54) is 111 Å². The molecule has 11 rings (SSSR count). The SMILES string of the molecule is N/C=C\c1ccccc1Cc1ccc(-c2cc(Cc3ccc4c5c(cccc35)-c3ccccc3-4)cc(C3=C4C=CC=C5C(=C(C=C3)c3ccccc35)C4)c2)cc1. The number of allylic oxidation sites excluding steroid dienone is 10. The summed E-state index contributed by atoms with van der Waals surface area (Å²) >= 11 is 0. The second-order valence-electron chi connectivity index (χ2n) is 15.4. The van der Waals surface area contributed by atoms with Crippen LogP contribution in [-0.2, 0) is 12.8 Å². The summed E-state index contributed by atoms with van der Waals surface area (Å²) in [5.74, 6) is 0. The number of nitrogens with two attached hydrogens (primary N) is 1. The summed E-state index contributed by atoms with van der Waals surface area (Å²) in [6, 6.07) is 54.2. The van der Waals surface area contributed by atoms with Gasteiger partial charge < -0.3 is 5.73 Å². The Hall–Kier alpha value is -6.96. The molecule has 56 heavy (non-hydrogen) atoms. The summed E-state index contributed by atoms with van der Waals surface area (Å²) in [5.41, 5.74) is 30.7. The van der Waals surface area contributed by atoms with Gasteiger partial charge in [0.1, 0.15) is 0 Å². The largest absolute Gasteiger partial charge is 0.405 e. The average Bonchev–Trinajstić information content (AvgIpc) is 3.50.